The Hall–Kier alpha value is -3.31. The molecule has 34 heavy (non-hydrogen) atoms. The predicted molar refractivity (Wildman–Crippen MR) is 143 cm³/mol. The van der Waals surface area contributed by atoms with Crippen LogP contribution in [-0.2, 0) is 11.2 Å². The summed E-state index contributed by atoms with van der Waals surface area (Å²) in [6, 6.07) is 28.7. The van der Waals surface area contributed by atoms with Gasteiger partial charge in [0.25, 0.3) is 5.91 Å². The van der Waals surface area contributed by atoms with Gasteiger partial charge in [-0.2, -0.15) is 0 Å². The van der Waals surface area contributed by atoms with E-state index in [-0.39, 0.29) is 5.91 Å². The zero-order chi connectivity index (χ0) is 23.2. The Kier molecular flexibility index (Phi) is 7.10. The van der Waals surface area contributed by atoms with Gasteiger partial charge in [-0.05, 0) is 78.9 Å². The average molecular weight is 468 g/mol. The second-order valence-electron chi connectivity index (χ2n) is 8.67. The Morgan fingerprint density at radius 3 is 2.21 bits per heavy atom. The SMILES string of the molecule is O=C1/C(=C/c2ccc(N3CCCCC3)cc2)SC(=Nc2ccccc2)N1CCc1ccccc1. The first-order valence-corrected chi connectivity index (χ1v) is 12.8. The van der Waals surface area contributed by atoms with Gasteiger partial charge < -0.3 is 4.90 Å². The number of hydrogen-bond donors (Lipinski definition) is 0. The van der Waals surface area contributed by atoms with Gasteiger partial charge in [-0.25, -0.2) is 4.99 Å². The molecule has 2 heterocycles. The van der Waals surface area contributed by atoms with Gasteiger partial charge in [0.1, 0.15) is 0 Å². The molecular formula is C29H29N3OS. The van der Waals surface area contributed by atoms with Gasteiger partial charge in [0, 0.05) is 25.3 Å². The molecule has 0 saturated carbocycles. The van der Waals surface area contributed by atoms with E-state index in [1.165, 1.54) is 42.3 Å². The van der Waals surface area contributed by atoms with Crippen LogP contribution in [0.25, 0.3) is 6.08 Å². The fourth-order valence-corrected chi connectivity index (χ4v) is 5.40. The standard InChI is InChI=1S/C29H29N3OS/c33-28-27(22-24-14-16-26(17-15-24)31-19-8-3-9-20-31)34-29(30-25-12-6-2-7-13-25)32(28)21-18-23-10-4-1-5-11-23/h1-2,4-7,10-17,22H,3,8-9,18-21H2/b27-22-,30-29?. The summed E-state index contributed by atoms with van der Waals surface area (Å²) in [4.78, 5) is 23.2. The Morgan fingerprint density at radius 2 is 1.50 bits per heavy atom. The third-order valence-electron chi connectivity index (χ3n) is 6.25. The molecule has 3 aromatic rings. The smallest absolute Gasteiger partial charge is 0.266 e. The summed E-state index contributed by atoms with van der Waals surface area (Å²) >= 11 is 1.46. The summed E-state index contributed by atoms with van der Waals surface area (Å²) in [5.74, 6) is 0.0238. The van der Waals surface area contributed by atoms with Gasteiger partial charge in [0.2, 0.25) is 0 Å². The van der Waals surface area contributed by atoms with E-state index in [0.29, 0.717) is 11.4 Å². The fourth-order valence-electron chi connectivity index (χ4n) is 4.37. The lowest BCUT2D eigenvalue weighted by Crippen LogP contribution is -2.31. The van der Waals surface area contributed by atoms with Crippen LogP contribution in [0.15, 0.2) is 94.8 Å². The summed E-state index contributed by atoms with van der Waals surface area (Å²) in [5.41, 5.74) is 4.38. The van der Waals surface area contributed by atoms with E-state index in [1.807, 2.05) is 59.5 Å². The van der Waals surface area contributed by atoms with Gasteiger partial charge in [0.05, 0.1) is 10.6 Å². The third-order valence-corrected chi connectivity index (χ3v) is 7.25. The summed E-state index contributed by atoms with van der Waals surface area (Å²) < 4.78 is 0. The summed E-state index contributed by atoms with van der Waals surface area (Å²) in [7, 11) is 0. The van der Waals surface area contributed by atoms with Crippen molar-refractivity contribution in [1.82, 2.24) is 4.90 Å². The molecular weight excluding hydrogens is 438 g/mol. The molecule has 0 aromatic heterocycles. The van der Waals surface area contributed by atoms with Gasteiger partial charge in [-0.15, -0.1) is 0 Å². The molecule has 4 nitrogen and oxygen atoms in total. The number of piperidine rings is 1. The predicted octanol–water partition coefficient (Wildman–Crippen LogP) is 6.52. The first-order chi connectivity index (χ1) is 16.8. The number of hydrogen-bond acceptors (Lipinski definition) is 4. The number of amides is 1. The minimum atomic E-state index is 0.0238. The van der Waals surface area contributed by atoms with E-state index in [9.17, 15) is 4.79 Å². The first kappa shape index (κ1) is 22.5. The van der Waals surface area contributed by atoms with Crippen molar-refractivity contribution in [2.75, 3.05) is 24.5 Å². The van der Waals surface area contributed by atoms with Gasteiger partial charge in [-0.1, -0.05) is 60.7 Å². The van der Waals surface area contributed by atoms with Crippen LogP contribution in [0.5, 0.6) is 0 Å². The van der Waals surface area contributed by atoms with Crippen LogP contribution >= 0.6 is 11.8 Å². The molecule has 0 spiro atoms. The molecule has 2 aliphatic rings. The van der Waals surface area contributed by atoms with Crippen molar-refractivity contribution in [3.05, 3.63) is 101 Å². The van der Waals surface area contributed by atoms with E-state index >= 15 is 0 Å². The third kappa shape index (κ3) is 5.42. The highest BCUT2D eigenvalue weighted by molar-refractivity contribution is 8.18. The van der Waals surface area contributed by atoms with Crippen LogP contribution in [0.1, 0.15) is 30.4 Å². The second kappa shape index (κ2) is 10.7. The topological polar surface area (TPSA) is 35.9 Å². The lowest BCUT2D eigenvalue weighted by molar-refractivity contribution is -0.122. The molecule has 5 rings (SSSR count). The van der Waals surface area contributed by atoms with E-state index in [2.05, 4.69) is 41.3 Å². The van der Waals surface area contributed by atoms with Crippen molar-refractivity contribution in [2.45, 2.75) is 25.7 Å². The number of anilines is 1. The first-order valence-electron chi connectivity index (χ1n) is 12.0. The summed E-state index contributed by atoms with van der Waals surface area (Å²) in [5, 5.41) is 0.739. The number of nitrogens with zero attached hydrogens (tertiary/aromatic N) is 3. The molecule has 0 unspecified atom stereocenters. The maximum Gasteiger partial charge on any atom is 0.266 e. The molecule has 172 valence electrons. The molecule has 2 aliphatic heterocycles. The van der Waals surface area contributed by atoms with Gasteiger partial charge in [-0.3, -0.25) is 9.69 Å². The lowest BCUT2D eigenvalue weighted by Gasteiger charge is -2.28. The van der Waals surface area contributed by atoms with Crippen molar-refractivity contribution in [3.8, 4) is 0 Å². The molecule has 2 saturated heterocycles. The van der Waals surface area contributed by atoms with Crippen LogP contribution in [0.2, 0.25) is 0 Å². The number of amidine groups is 1. The highest BCUT2D eigenvalue weighted by Gasteiger charge is 2.33. The molecule has 0 bridgehead atoms. The van der Waals surface area contributed by atoms with Crippen molar-refractivity contribution in [1.29, 1.82) is 0 Å². The molecule has 2 fully saturated rings. The van der Waals surface area contributed by atoms with Crippen LogP contribution in [0, 0.1) is 0 Å². The quantitative estimate of drug-likeness (QED) is 0.387. The second-order valence-corrected chi connectivity index (χ2v) is 9.68. The highest BCUT2D eigenvalue weighted by Crippen LogP contribution is 2.34. The molecule has 0 aliphatic carbocycles. The minimum absolute atomic E-state index is 0.0238. The number of para-hydroxylation sites is 1. The lowest BCUT2D eigenvalue weighted by atomic mass is 10.1. The number of rotatable bonds is 6. The number of carbonyl (C=O) groups excluding carboxylic acids is 1. The summed E-state index contributed by atoms with van der Waals surface area (Å²) in [6.45, 7) is 2.86. The maximum absolute atomic E-state index is 13.4. The van der Waals surface area contributed by atoms with Crippen molar-refractivity contribution >= 4 is 40.3 Å². The Balaban J connectivity index is 1.37. The van der Waals surface area contributed by atoms with Crippen molar-refractivity contribution in [2.24, 2.45) is 4.99 Å². The van der Waals surface area contributed by atoms with Gasteiger partial charge in [0.15, 0.2) is 5.17 Å². The minimum Gasteiger partial charge on any atom is -0.372 e. The highest BCUT2D eigenvalue weighted by atomic mass is 32.2. The molecule has 0 radical (unpaired) electrons. The van der Waals surface area contributed by atoms with Gasteiger partial charge >= 0.3 is 0 Å². The maximum atomic E-state index is 13.4. The normalized spacial score (nSPS) is 18.8. The van der Waals surface area contributed by atoms with Crippen LogP contribution in [0.4, 0.5) is 11.4 Å². The largest absolute Gasteiger partial charge is 0.372 e. The Morgan fingerprint density at radius 1 is 0.824 bits per heavy atom. The van der Waals surface area contributed by atoms with Crippen LogP contribution in [-0.4, -0.2) is 35.6 Å². The number of aliphatic imine (C=N–C) groups is 1. The van der Waals surface area contributed by atoms with E-state index in [0.717, 1.165) is 35.9 Å². The summed E-state index contributed by atoms with van der Waals surface area (Å²) in [6.07, 6.45) is 6.64. The van der Waals surface area contributed by atoms with E-state index < -0.39 is 0 Å². The fraction of sp³-hybridized carbons (Fsp3) is 0.241. The van der Waals surface area contributed by atoms with Crippen molar-refractivity contribution < 1.29 is 4.79 Å². The zero-order valence-corrected chi connectivity index (χ0v) is 20.1. The number of thioether (sulfide) groups is 1. The molecule has 3 aromatic carbocycles. The van der Waals surface area contributed by atoms with Crippen LogP contribution < -0.4 is 4.90 Å². The molecule has 1 amide bonds. The number of carbonyl (C=O) groups is 1. The Bertz CT molecular complexity index is 1170. The monoisotopic (exact) mass is 467 g/mol. The zero-order valence-electron chi connectivity index (χ0n) is 19.3. The average Bonchev–Trinajstić information content (AvgIpc) is 3.18. The molecule has 0 N–H and O–H groups in total. The Labute approximate surface area is 206 Å². The van der Waals surface area contributed by atoms with E-state index in [1.54, 1.807) is 0 Å². The van der Waals surface area contributed by atoms with Crippen molar-refractivity contribution in [3.63, 3.8) is 0 Å². The van der Waals surface area contributed by atoms with Crippen LogP contribution in [0.3, 0.4) is 0 Å². The van der Waals surface area contributed by atoms with E-state index in [4.69, 9.17) is 4.99 Å². The molecule has 0 atom stereocenters. The molecule has 5 heteroatoms. The number of benzene rings is 3.